The Morgan fingerprint density at radius 1 is 1.44 bits per heavy atom. The minimum absolute atomic E-state index is 0.0792. The standard InChI is InChI=1S/C11H11NO4/c1-3-7-4-5-8(16-7)10-12-9(11(13)14)6(2)15-10/h4-5H,3H2,1-2H3,(H,13,14). The highest BCUT2D eigenvalue weighted by Crippen LogP contribution is 2.24. The number of hydrogen-bond acceptors (Lipinski definition) is 4. The van der Waals surface area contributed by atoms with Gasteiger partial charge in [-0.1, -0.05) is 6.92 Å². The monoisotopic (exact) mass is 221 g/mol. The molecule has 5 heteroatoms. The average Bonchev–Trinajstić information content (AvgIpc) is 2.83. The lowest BCUT2D eigenvalue weighted by Gasteiger charge is -1.88. The molecule has 0 atom stereocenters. The molecule has 0 aliphatic heterocycles. The maximum absolute atomic E-state index is 10.8. The van der Waals surface area contributed by atoms with Crippen LogP contribution < -0.4 is 0 Å². The van der Waals surface area contributed by atoms with Crippen molar-refractivity contribution in [3.63, 3.8) is 0 Å². The third-order valence-corrected chi connectivity index (χ3v) is 2.22. The van der Waals surface area contributed by atoms with E-state index >= 15 is 0 Å². The van der Waals surface area contributed by atoms with Crippen LogP contribution in [-0.4, -0.2) is 16.1 Å². The smallest absolute Gasteiger partial charge is 0.358 e. The van der Waals surface area contributed by atoms with E-state index in [1.165, 1.54) is 0 Å². The molecule has 5 nitrogen and oxygen atoms in total. The molecule has 16 heavy (non-hydrogen) atoms. The van der Waals surface area contributed by atoms with Crippen molar-refractivity contribution in [3.8, 4) is 11.7 Å². The molecule has 0 radical (unpaired) electrons. The summed E-state index contributed by atoms with van der Waals surface area (Å²) in [5.74, 6) is 0.636. The fourth-order valence-electron chi connectivity index (χ4n) is 1.38. The van der Waals surface area contributed by atoms with Crippen LogP contribution >= 0.6 is 0 Å². The van der Waals surface area contributed by atoms with Crippen molar-refractivity contribution in [3.05, 3.63) is 29.3 Å². The van der Waals surface area contributed by atoms with Crippen molar-refractivity contribution in [2.24, 2.45) is 0 Å². The van der Waals surface area contributed by atoms with E-state index in [0.717, 1.165) is 12.2 Å². The third-order valence-electron chi connectivity index (χ3n) is 2.22. The molecule has 0 fully saturated rings. The van der Waals surface area contributed by atoms with E-state index in [1.54, 1.807) is 13.0 Å². The SMILES string of the molecule is CCc1ccc(-c2nc(C(=O)O)c(C)o2)o1. The zero-order chi connectivity index (χ0) is 11.7. The number of carbonyl (C=O) groups is 1. The molecule has 2 heterocycles. The first-order valence-electron chi connectivity index (χ1n) is 4.91. The molecule has 0 bridgehead atoms. The number of carboxylic acids is 1. The summed E-state index contributed by atoms with van der Waals surface area (Å²) < 4.78 is 10.7. The highest BCUT2D eigenvalue weighted by Gasteiger charge is 2.18. The molecule has 0 amide bonds. The van der Waals surface area contributed by atoms with E-state index in [-0.39, 0.29) is 17.3 Å². The number of oxazole rings is 1. The van der Waals surface area contributed by atoms with Gasteiger partial charge < -0.3 is 13.9 Å². The van der Waals surface area contributed by atoms with Gasteiger partial charge >= 0.3 is 5.97 Å². The van der Waals surface area contributed by atoms with Gasteiger partial charge in [0, 0.05) is 6.42 Å². The predicted molar refractivity (Wildman–Crippen MR) is 55.3 cm³/mol. The summed E-state index contributed by atoms with van der Waals surface area (Å²) in [5, 5.41) is 8.82. The van der Waals surface area contributed by atoms with Crippen LogP contribution in [0.25, 0.3) is 11.7 Å². The quantitative estimate of drug-likeness (QED) is 0.861. The molecular formula is C11H11NO4. The number of aromatic nitrogens is 1. The molecule has 0 aliphatic rings. The van der Waals surface area contributed by atoms with Crippen LogP contribution in [-0.2, 0) is 6.42 Å². The van der Waals surface area contributed by atoms with Crippen LogP contribution in [0, 0.1) is 6.92 Å². The number of aryl methyl sites for hydroxylation is 2. The van der Waals surface area contributed by atoms with Crippen molar-refractivity contribution in [2.45, 2.75) is 20.3 Å². The Labute approximate surface area is 91.7 Å². The van der Waals surface area contributed by atoms with Crippen molar-refractivity contribution in [1.82, 2.24) is 4.98 Å². The Kier molecular flexibility index (Phi) is 2.52. The first-order valence-corrected chi connectivity index (χ1v) is 4.91. The molecule has 0 aromatic carbocycles. The van der Waals surface area contributed by atoms with Gasteiger partial charge in [-0.05, 0) is 19.1 Å². The van der Waals surface area contributed by atoms with Crippen LogP contribution in [0.5, 0.6) is 0 Å². The molecule has 2 rings (SSSR count). The average molecular weight is 221 g/mol. The molecule has 0 saturated heterocycles. The lowest BCUT2D eigenvalue weighted by molar-refractivity contribution is 0.0689. The second kappa shape index (κ2) is 3.84. The largest absolute Gasteiger partial charge is 0.476 e. The Morgan fingerprint density at radius 3 is 2.69 bits per heavy atom. The van der Waals surface area contributed by atoms with E-state index in [2.05, 4.69) is 4.98 Å². The van der Waals surface area contributed by atoms with Crippen LogP contribution in [0.15, 0.2) is 21.0 Å². The molecule has 0 spiro atoms. The molecule has 2 aromatic rings. The summed E-state index contributed by atoms with van der Waals surface area (Å²) in [6, 6.07) is 3.53. The molecule has 0 unspecified atom stereocenters. The lowest BCUT2D eigenvalue weighted by Crippen LogP contribution is -1.98. The number of nitrogens with zero attached hydrogens (tertiary/aromatic N) is 1. The van der Waals surface area contributed by atoms with Gasteiger partial charge in [-0.3, -0.25) is 0 Å². The molecule has 84 valence electrons. The minimum atomic E-state index is -1.10. The Bertz CT molecular complexity index is 524. The van der Waals surface area contributed by atoms with Gasteiger partial charge in [-0.15, -0.1) is 0 Å². The number of aromatic carboxylic acids is 1. The molecule has 2 aromatic heterocycles. The summed E-state index contributed by atoms with van der Waals surface area (Å²) >= 11 is 0. The van der Waals surface area contributed by atoms with Crippen LogP contribution in [0.1, 0.15) is 28.9 Å². The van der Waals surface area contributed by atoms with Crippen molar-refractivity contribution in [1.29, 1.82) is 0 Å². The summed E-state index contributed by atoms with van der Waals surface area (Å²) in [4.78, 5) is 14.6. The van der Waals surface area contributed by atoms with Crippen molar-refractivity contribution < 1.29 is 18.7 Å². The number of carboxylic acid groups (broad SMARTS) is 1. The molecule has 0 saturated carbocycles. The first kappa shape index (κ1) is 10.5. The van der Waals surface area contributed by atoms with Gasteiger partial charge in [0.25, 0.3) is 5.89 Å². The zero-order valence-electron chi connectivity index (χ0n) is 8.98. The van der Waals surface area contributed by atoms with E-state index in [4.69, 9.17) is 13.9 Å². The van der Waals surface area contributed by atoms with Crippen LogP contribution in [0.4, 0.5) is 0 Å². The lowest BCUT2D eigenvalue weighted by atomic mass is 10.3. The highest BCUT2D eigenvalue weighted by molar-refractivity contribution is 5.86. The van der Waals surface area contributed by atoms with Gasteiger partial charge in [0.15, 0.2) is 11.5 Å². The fourth-order valence-corrected chi connectivity index (χ4v) is 1.38. The second-order valence-corrected chi connectivity index (χ2v) is 3.35. The van der Waals surface area contributed by atoms with Gasteiger partial charge in [0.1, 0.15) is 11.5 Å². The third kappa shape index (κ3) is 1.71. The Morgan fingerprint density at radius 2 is 2.19 bits per heavy atom. The molecule has 1 N–H and O–H groups in total. The topological polar surface area (TPSA) is 76.5 Å². The maximum atomic E-state index is 10.8. The Balaban J connectivity index is 2.41. The summed E-state index contributed by atoms with van der Waals surface area (Å²) in [7, 11) is 0. The van der Waals surface area contributed by atoms with E-state index in [0.29, 0.717) is 5.76 Å². The van der Waals surface area contributed by atoms with Gasteiger partial charge in [-0.25, -0.2) is 4.79 Å². The summed E-state index contributed by atoms with van der Waals surface area (Å²) in [6.45, 7) is 3.52. The summed E-state index contributed by atoms with van der Waals surface area (Å²) in [6.07, 6.45) is 0.769. The van der Waals surface area contributed by atoms with Crippen molar-refractivity contribution in [2.75, 3.05) is 0 Å². The molecule has 0 aliphatic carbocycles. The van der Waals surface area contributed by atoms with E-state index in [9.17, 15) is 4.79 Å². The van der Waals surface area contributed by atoms with Gasteiger partial charge in [0.2, 0.25) is 0 Å². The van der Waals surface area contributed by atoms with Crippen molar-refractivity contribution >= 4 is 5.97 Å². The van der Waals surface area contributed by atoms with E-state index < -0.39 is 5.97 Å². The van der Waals surface area contributed by atoms with Crippen LogP contribution in [0.3, 0.4) is 0 Å². The fraction of sp³-hybridized carbons (Fsp3) is 0.273. The maximum Gasteiger partial charge on any atom is 0.358 e. The van der Waals surface area contributed by atoms with Gasteiger partial charge in [0.05, 0.1) is 0 Å². The zero-order valence-corrected chi connectivity index (χ0v) is 8.98. The molecular weight excluding hydrogens is 210 g/mol. The number of rotatable bonds is 3. The Hall–Kier alpha value is -2.04. The normalized spacial score (nSPS) is 10.6. The predicted octanol–water partition coefficient (Wildman–Crippen LogP) is 2.50. The highest BCUT2D eigenvalue weighted by atomic mass is 16.4. The number of furan rings is 1. The minimum Gasteiger partial charge on any atom is -0.476 e. The first-order chi connectivity index (χ1) is 7.61. The van der Waals surface area contributed by atoms with E-state index in [1.807, 2.05) is 13.0 Å². The summed E-state index contributed by atoms with van der Waals surface area (Å²) in [5.41, 5.74) is -0.0792. The second-order valence-electron chi connectivity index (χ2n) is 3.35. The number of hydrogen-bond donors (Lipinski definition) is 1. The van der Waals surface area contributed by atoms with Gasteiger partial charge in [-0.2, -0.15) is 4.98 Å². The van der Waals surface area contributed by atoms with Crippen LogP contribution in [0.2, 0.25) is 0 Å².